The minimum Gasteiger partial charge on any atom is -0.392 e. The van der Waals surface area contributed by atoms with Crippen LogP contribution in [0.4, 0.5) is 0 Å². The van der Waals surface area contributed by atoms with Crippen LogP contribution in [0.15, 0.2) is 0 Å². The second kappa shape index (κ2) is 6.88. The predicted molar refractivity (Wildman–Crippen MR) is 86.5 cm³/mol. The summed E-state index contributed by atoms with van der Waals surface area (Å²) in [6.45, 7) is 4.03. The summed E-state index contributed by atoms with van der Waals surface area (Å²) in [5.74, 6) is 1.00. The van der Waals surface area contributed by atoms with Crippen LogP contribution in [-0.4, -0.2) is 28.9 Å². The van der Waals surface area contributed by atoms with Crippen molar-refractivity contribution in [1.29, 1.82) is 0 Å². The van der Waals surface area contributed by atoms with Crippen LogP contribution < -0.4 is 5.73 Å². The molecule has 1 unspecified atom stereocenters. The van der Waals surface area contributed by atoms with Crippen LogP contribution in [0, 0.1) is 11.3 Å². The molecule has 1 saturated carbocycles. The largest absolute Gasteiger partial charge is 0.392 e. The number of nitrogens with two attached hydrogens (primary N) is 1. The van der Waals surface area contributed by atoms with Crippen LogP contribution >= 0.6 is 12.2 Å². The molecule has 2 N–H and O–H groups in total. The van der Waals surface area contributed by atoms with E-state index in [2.05, 4.69) is 11.8 Å². The number of amides is 1. The smallest absolute Gasteiger partial charge is 0.235 e. The molecule has 0 radical (unpaired) electrons. The summed E-state index contributed by atoms with van der Waals surface area (Å²) in [5, 5.41) is 0. The SMILES string of the molecule is CCC1CCCN(C(=O)C2(C(N)=S)CCCCC2)CC1. The molecule has 1 heterocycles. The summed E-state index contributed by atoms with van der Waals surface area (Å²) in [6, 6.07) is 0. The minimum absolute atomic E-state index is 0.224. The van der Waals surface area contributed by atoms with Crippen molar-refractivity contribution in [3.05, 3.63) is 0 Å². The van der Waals surface area contributed by atoms with E-state index in [0.717, 1.165) is 57.5 Å². The number of hydrogen-bond acceptors (Lipinski definition) is 2. The normalized spacial score (nSPS) is 26.9. The highest BCUT2D eigenvalue weighted by Gasteiger charge is 2.44. The molecule has 0 aromatic rings. The van der Waals surface area contributed by atoms with Crippen molar-refractivity contribution < 1.29 is 4.79 Å². The third-order valence-electron chi connectivity index (χ3n) is 5.30. The first-order valence-electron chi connectivity index (χ1n) is 8.19. The molecule has 114 valence electrons. The van der Waals surface area contributed by atoms with Crippen LogP contribution in [0.5, 0.6) is 0 Å². The molecule has 2 rings (SSSR count). The number of likely N-dealkylation sites (tertiary alicyclic amines) is 1. The average molecular weight is 296 g/mol. The second-order valence-electron chi connectivity index (χ2n) is 6.50. The van der Waals surface area contributed by atoms with Crippen molar-refractivity contribution in [3.63, 3.8) is 0 Å². The Morgan fingerprint density at radius 1 is 1.20 bits per heavy atom. The van der Waals surface area contributed by atoms with Gasteiger partial charge in [0.05, 0.1) is 10.4 Å². The van der Waals surface area contributed by atoms with E-state index in [1.54, 1.807) is 0 Å². The molecule has 3 nitrogen and oxygen atoms in total. The maximum Gasteiger partial charge on any atom is 0.235 e. The Morgan fingerprint density at radius 2 is 1.90 bits per heavy atom. The molecule has 0 aromatic heterocycles. The van der Waals surface area contributed by atoms with E-state index in [9.17, 15) is 4.79 Å². The maximum absolute atomic E-state index is 13.0. The van der Waals surface area contributed by atoms with Crippen LogP contribution in [-0.2, 0) is 4.79 Å². The van der Waals surface area contributed by atoms with Crippen LogP contribution in [0.3, 0.4) is 0 Å². The molecule has 1 aliphatic heterocycles. The number of hydrogen-bond donors (Lipinski definition) is 1. The summed E-state index contributed by atoms with van der Waals surface area (Å²) in [6.07, 6.45) is 9.80. The molecular formula is C16H28N2OS. The molecular weight excluding hydrogens is 268 g/mol. The fourth-order valence-electron chi connectivity index (χ4n) is 3.80. The van der Waals surface area contributed by atoms with Gasteiger partial charge in [0.2, 0.25) is 5.91 Å². The van der Waals surface area contributed by atoms with Gasteiger partial charge < -0.3 is 10.6 Å². The summed E-state index contributed by atoms with van der Waals surface area (Å²) in [5.41, 5.74) is 5.46. The van der Waals surface area contributed by atoms with Gasteiger partial charge in [-0.2, -0.15) is 0 Å². The molecule has 2 fully saturated rings. The van der Waals surface area contributed by atoms with Gasteiger partial charge in [-0.3, -0.25) is 4.79 Å². The fourth-order valence-corrected chi connectivity index (χ4v) is 4.09. The Morgan fingerprint density at radius 3 is 2.50 bits per heavy atom. The zero-order valence-corrected chi connectivity index (χ0v) is 13.5. The van der Waals surface area contributed by atoms with Gasteiger partial charge in [0, 0.05) is 13.1 Å². The van der Waals surface area contributed by atoms with Gasteiger partial charge in [-0.15, -0.1) is 0 Å². The zero-order valence-electron chi connectivity index (χ0n) is 12.7. The van der Waals surface area contributed by atoms with Crippen molar-refractivity contribution in [2.75, 3.05) is 13.1 Å². The van der Waals surface area contributed by atoms with E-state index in [4.69, 9.17) is 18.0 Å². The van der Waals surface area contributed by atoms with E-state index < -0.39 is 5.41 Å². The fraction of sp³-hybridized carbons (Fsp3) is 0.875. The van der Waals surface area contributed by atoms with Crippen molar-refractivity contribution in [1.82, 2.24) is 4.90 Å². The van der Waals surface area contributed by atoms with Gasteiger partial charge in [-0.25, -0.2) is 0 Å². The predicted octanol–water partition coefficient (Wildman–Crippen LogP) is 3.26. The molecule has 0 bridgehead atoms. The molecule has 0 aromatic carbocycles. The van der Waals surface area contributed by atoms with Crippen molar-refractivity contribution in [2.45, 2.75) is 64.7 Å². The van der Waals surface area contributed by atoms with Gasteiger partial charge in [-0.05, 0) is 38.0 Å². The van der Waals surface area contributed by atoms with Gasteiger partial charge in [0.25, 0.3) is 0 Å². The van der Waals surface area contributed by atoms with Crippen molar-refractivity contribution in [2.24, 2.45) is 17.1 Å². The first kappa shape index (κ1) is 15.7. The van der Waals surface area contributed by atoms with Gasteiger partial charge in [-0.1, -0.05) is 44.8 Å². The van der Waals surface area contributed by atoms with E-state index in [1.807, 2.05) is 0 Å². The number of carbonyl (C=O) groups is 1. The Bertz CT molecular complexity index is 363. The van der Waals surface area contributed by atoms with Crippen LogP contribution in [0.1, 0.15) is 64.7 Å². The van der Waals surface area contributed by atoms with Crippen molar-refractivity contribution >= 4 is 23.1 Å². The van der Waals surface area contributed by atoms with Crippen LogP contribution in [0.2, 0.25) is 0 Å². The standard InChI is InChI=1S/C16H28N2OS/c1-2-13-7-6-11-18(12-8-13)15(19)16(14(17)20)9-4-3-5-10-16/h13H,2-12H2,1H3,(H2,17,20). The van der Waals surface area contributed by atoms with Gasteiger partial charge in [0.15, 0.2) is 0 Å². The zero-order chi connectivity index (χ0) is 14.6. The molecule has 1 saturated heterocycles. The lowest BCUT2D eigenvalue weighted by Gasteiger charge is -2.38. The average Bonchev–Trinajstić information content (AvgIpc) is 2.72. The lowest BCUT2D eigenvalue weighted by molar-refractivity contribution is -0.139. The Labute approximate surface area is 128 Å². The summed E-state index contributed by atoms with van der Waals surface area (Å²) in [4.78, 5) is 15.5. The number of nitrogens with zero attached hydrogens (tertiary/aromatic N) is 1. The van der Waals surface area contributed by atoms with Crippen LogP contribution in [0.25, 0.3) is 0 Å². The molecule has 20 heavy (non-hydrogen) atoms. The Balaban J connectivity index is 2.09. The van der Waals surface area contributed by atoms with E-state index >= 15 is 0 Å². The first-order chi connectivity index (χ1) is 9.60. The second-order valence-corrected chi connectivity index (χ2v) is 6.94. The highest BCUT2D eigenvalue weighted by molar-refractivity contribution is 7.80. The van der Waals surface area contributed by atoms with E-state index in [1.165, 1.54) is 19.3 Å². The third kappa shape index (κ3) is 3.16. The monoisotopic (exact) mass is 296 g/mol. The topological polar surface area (TPSA) is 46.3 Å². The molecule has 4 heteroatoms. The molecule has 1 atom stereocenters. The first-order valence-corrected chi connectivity index (χ1v) is 8.60. The third-order valence-corrected chi connectivity index (χ3v) is 5.69. The summed E-state index contributed by atoms with van der Waals surface area (Å²) < 4.78 is 0. The quantitative estimate of drug-likeness (QED) is 0.813. The maximum atomic E-state index is 13.0. The highest BCUT2D eigenvalue weighted by Crippen LogP contribution is 2.39. The minimum atomic E-state index is -0.528. The highest BCUT2D eigenvalue weighted by atomic mass is 32.1. The molecule has 1 amide bonds. The van der Waals surface area contributed by atoms with Gasteiger partial charge >= 0.3 is 0 Å². The van der Waals surface area contributed by atoms with E-state index in [0.29, 0.717) is 4.99 Å². The van der Waals surface area contributed by atoms with Crippen molar-refractivity contribution in [3.8, 4) is 0 Å². The Hall–Kier alpha value is -0.640. The molecule has 0 spiro atoms. The summed E-state index contributed by atoms with van der Waals surface area (Å²) >= 11 is 5.28. The lowest BCUT2D eigenvalue weighted by atomic mass is 9.73. The van der Waals surface area contributed by atoms with Gasteiger partial charge in [0.1, 0.15) is 0 Å². The van der Waals surface area contributed by atoms with E-state index in [-0.39, 0.29) is 5.91 Å². The Kier molecular flexibility index (Phi) is 5.42. The number of carbonyl (C=O) groups excluding carboxylic acids is 1. The molecule has 1 aliphatic carbocycles. The number of thiocarbonyl (C=S) groups is 1. The summed E-state index contributed by atoms with van der Waals surface area (Å²) in [7, 11) is 0. The number of rotatable bonds is 3. The molecule has 2 aliphatic rings. The lowest BCUT2D eigenvalue weighted by Crippen LogP contribution is -2.51.